The van der Waals surface area contributed by atoms with Crippen molar-refractivity contribution in [3.05, 3.63) is 97.2 Å². The molecule has 0 fully saturated rings. The highest BCUT2D eigenvalue weighted by molar-refractivity contribution is 5.71. The van der Waals surface area contributed by atoms with Crippen LogP contribution in [0.25, 0.3) is 0 Å². The minimum absolute atomic E-state index is 0.0828. The lowest BCUT2D eigenvalue weighted by Gasteiger charge is -2.18. The smallest absolute Gasteiger partial charge is 0.306 e. The molecule has 0 spiro atoms. The highest BCUT2D eigenvalue weighted by Crippen LogP contribution is 2.16. The first-order valence-corrected chi connectivity index (χ1v) is 34.2. The fourth-order valence-electron chi connectivity index (χ4n) is 9.67. The summed E-state index contributed by atoms with van der Waals surface area (Å²) in [6.07, 6.45) is 91.3. The van der Waals surface area contributed by atoms with Crippen molar-refractivity contribution in [2.24, 2.45) is 0 Å². The zero-order chi connectivity index (χ0) is 57.8. The molecular weight excluding hydrogens is 985 g/mol. The fourth-order valence-corrected chi connectivity index (χ4v) is 9.67. The van der Waals surface area contributed by atoms with Crippen LogP contribution in [0, 0.1) is 0 Å². The number of unbranched alkanes of at least 4 members (excludes halogenated alkanes) is 35. The maximum absolute atomic E-state index is 12.9. The van der Waals surface area contributed by atoms with Crippen LogP contribution in [0.1, 0.15) is 335 Å². The van der Waals surface area contributed by atoms with Gasteiger partial charge in [0.25, 0.3) is 0 Å². The maximum atomic E-state index is 12.9. The van der Waals surface area contributed by atoms with E-state index >= 15 is 0 Å². The van der Waals surface area contributed by atoms with Crippen LogP contribution in [0.2, 0.25) is 0 Å². The molecule has 0 aliphatic heterocycles. The molecule has 0 aromatic carbocycles. The molecule has 80 heavy (non-hydrogen) atoms. The van der Waals surface area contributed by atoms with Gasteiger partial charge >= 0.3 is 17.9 Å². The van der Waals surface area contributed by atoms with Crippen molar-refractivity contribution in [3.8, 4) is 0 Å². The predicted molar refractivity (Wildman–Crippen MR) is 348 cm³/mol. The van der Waals surface area contributed by atoms with Gasteiger partial charge in [0.2, 0.25) is 0 Å². The molecule has 0 aromatic heterocycles. The standard InChI is InChI=1S/C74H128O6/c1-4-7-10-13-16-19-22-25-28-31-33-34-35-36-37-38-39-40-42-43-46-49-52-55-58-61-64-67-73(76)79-70-71(69-78-72(75)66-63-60-57-54-51-48-45-30-27-24-21-18-15-12-9-6-3)80-74(77)68-65-62-59-56-53-50-47-44-41-32-29-26-23-20-17-14-11-8-5-2/h7,10,16,19,21,24-26,28-30,33-34,36-37,45,71H,4-6,8-9,11-15,17-18,20,22-23,27,31-32,35,38-44,46-70H2,1-3H3/b10-7-,19-16-,24-21-,28-25-,29-26-,34-33-,37-36-,45-30-. The molecule has 1 unspecified atom stereocenters. The van der Waals surface area contributed by atoms with Gasteiger partial charge in [-0.1, -0.05) is 291 Å². The fraction of sp³-hybridized carbons (Fsp3) is 0.743. The van der Waals surface area contributed by atoms with Gasteiger partial charge in [-0.3, -0.25) is 14.4 Å². The molecule has 0 amide bonds. The van der Waals surface area contributed by atoms with Gasteiger partial charge in [0.15, 0.2) is 6.10 Å². The molecule has 0 heterocycles. The summed E-state index contributed by atoms with van der Waals surface area (Å²) in [6.45, 7) is 6.53. The number of esters is 3. The lowest BCUT2D eigenvalue weighted by molar-refractivity contribution is -0.167. The number of carbonyl (C=O) groups excluding carboxylic acids is 3. The number of carbonyl (C=O) groups is 3. The van der Waals surface area contributed by atoms with E-state index in [1.807, 2.05) is 0 Å². The zero-order valence-corrected chi connectivity index (χ0v) is 52.8. The SMILES string of the molecule is CC/C=C\C/C=C\C/C=C\C/C=C\C/C=C\CCCCCCCCCCCCCC(=O)OCC(COC(=O)CCCCCCC/C=C\C/C=C\CCCCCC)OC(=O)CCCCCCCCCCC/C=C\CCCCCCCC. The first-order valence-electron chi connectivity index (χ1n) is 34.2. The number of hydrogen-bond donors (Lipinski definition) is 0. The Labute approximate surface area is 496 Å². The summed E-state index contributed by atoms with van der Waals surface area (Å²) in [7, 11) is 0. The van der Waals surface area contributed by atoms with Crippen molar-refractivity contribution in [3.63, 3.8) is 0 Å². The lowest BCUT2D eigenvalue weighted by atomic mass is 10.0. The van der Waals surface area contributed by atoms with Crippen LogP contribution in [0.5, 0.6) is 0 Å². The molecule has 0 bridgehead atoms. The molecule has 6 nitrogen and oxygen atoms in total. The molecule has 0 aromatic rings. The van der Waals surface area contributed by atoms with Gasteiger partial charge in [-0.05, 0) is 122 Å². The molecular formula is C74H128O6. The molecule has 0 aliphatic rings. The van der Waals surface area contributed by atoms with Gasteiger partial charge in [-0.2, -0.15) is 0 Å². The van der Waals surface area contributed by atoms with E-state index in [1.165, 1.54) is 186 Å². The Bertz CT molecular complexity index is 1560. The second kappa shape index (κ2) is 67.8. The van der Waals surface area contributed by atoms with Gasteiger partial charge in [-0.15, -0.1) is 0 Å². The van der Waals surface area contributed by atoms with E-state index in [2.05, 4.69) is 118 Å². The molecule has 0 saturated carbocycles. The molecule has 0 saturated heterocycles. The quantitative estimate of drug-likeness (QED) is 0.0261. The van der Waals surface area contributed by atoms with E-state index in [0.717, 1.165) is 109 Å². The first kappa shape index (κ1) is 76.3. The Morgan fingerprint density at radius 2 is 0.487 bits per heavy atom. The van der Waals surface area contributed by atoms with E-state index < -0.39 is 6.10 Å². The van der Waals surface area contributed by atoms with Crippen molar-refractivity contribution < 1.29 is 28.6 Å². The molecule has 0 rings (SSSR count). The second-order valence-corrected chi connectivity index (χ2v) is 22.7. The third-order valence-electron chi connectivity index (χ3n) is 14.8. The maximum Gasteiger partial charge on any atom is 0.306 e. The Morgan fingerprint density at radius 3 is 0.787 bits per heavy atom. The van der Waals surface area contributed by atoms with Gasteiger partial charge in [0.05, 0.1) is 0 Å². The van der Waals surface area contributed by atoms with Crippen LogP contribution in [0.3, 0.4) is 0 Å². The van der Waals surface area contributed by atoms with Crippen molar-refractivity contribution in [2.75, 3.05) is 13.2 Å². The first-order chi connectivity index (χ1) is 39.5. The summed E-state index contributed by atoms with van der Waals surface area (Å²) in [4.78, 5) is 38.4. The van der Waals surface area contributed by atoms with Crippen LogP contribution < -0.4 is 0 Å². The average molecular weight is 1110 g/mol. The highest BCUT2D eigenvalue weighted by Gasteiger charge is 2.19. The lowest BCUT2D eigenvalue weighted by Crippen LogP contribution is -2.30. The minimum atomic E-state index is -0.788. The van der Waals surface area contributed by atoms with E-state index in [4.69, 9.17) is 14.2 Å². The van der Waals surface area contributed by atoms with Crippen molar-refractivity contribution in [2.45, 2.75) is 341 Å². The number of ether oxygens (including phenoxy) is 3. The third kappa shape index (κ3) is 65.1. The summed E-state index contributed by atoms with van der Waals surface area (Å²) < 4.78 is 17.0. The normalized spacial score (nSPS) is 12.7. The molecule has 460 valence electrons. The molecule has 6 heteroatoms. The number of hydrogen-bond acceptors (Lipinski definition) is 6. The number of allylic oxidation sites excluding steroid dienone is 16. The molecule has 0 N–H and O–H groups in total. The van der Waals surface area contributed by atoms with Crippen molar-refractivity contribution >= 4 is 17.9 Å². The molecule has 0 radical (unpaired) electrons. The van der Waals surface area contributed by atoms with Gasteiger partial charge in [0.1, 0.15) is 13.2 Å². The highest BCUT2D eigenvalue weighted by atomic mass is 16.6. The van der Waals surface area contributed by atoms with Crippen LogP contribution in [0.4, 0.5) is 0 Å². The number of rotatable bonds is 62. The Morgan fingerprint density at radius 1 is 0.263 bits per heavy atom. The van der Waals surface area contributed by atoms with Gasteiger partial charge in [0, 0.05) is 19.3 Å². The topological polar surface area (TPSA) is 78.9 Å². The average Bonchev–Trinajstić information content (AvgIpc) is 3.46. The van der Waals surface area contributed by atoms with Crippen LogP contribution in [-0.2, 0) is 28.6 Å². The van der Waals surface area contributed by atoms with Crippen molar-refractivity contribution in [1.82, 2.24) is 0 Å². The Kier molecular flexibility index (Phi) is 64.7. The van der Waals surface area contributed by atoms with E-state index in [1.54, 1.807) is 0 Å². The van der Waals surface area contributed by atoms with Crippen LogP contribution in [-0.4, -0.2) is 37.2 Å². The van der Waals surface area contributed by atoms with E-state index in [-0.39, 0.29) is 31.1 Å². The Balaban J connectivity index is 4.34. The van der Waals surface area contributed by atoms with E-state index in [0.29, 0.717) is 19.3 Å². The summed E-state index contributed by atoms with van der Waals surface area (Å²) in [6, 6.07) is 0. The van der Waals surface area contributed by atoms with Gasteiger partial charge in [-0.25, -0.2) is 0 Å². The predicted octanol–water partition coefficient (Wildman–Crippen LogP) is 23.6. The summed E-state index contributed by atoms with van der Waals surface area (Å²) in [5, 5.41) is 0. The van der Waals surface area contributed by atoms with Crippen molar-refractivity contribution in [1.29, 1.82) is 0 Å². The third-order valence-corrected chi connectivity index (χ3v) is 14.8. The Hall–Kier alpha value is -3.67. The monoisotopic (exact) mass is 1110 g/mol. The summed E-state index contributed by atoms with van der Waals surface area (Å²) >= 11 is 0. The van der Waals surface area contributed by atoms with Crippen LogP contribution in [0.15, 0.2) is 97.2 Å². The molecule has 1 atom stereocenters. The van der Waals surface area contributed by atoms with Gasteiger partial charge < -0.3 is 14.2 Å². The molecule has 0 aliphatic carbocycles. The minimum Gasteiger partial charge on any atom is -0.462 e. The van der Waals surface area contributed by atoms with E-state index in [9.17, 15) is 14.4 Å². The summed E-state index contributed by atoms with van der Waals surface area (Å²) in [5.41, 5.74) is 0. The van der Waals surface area contributed by atoms with Crippen LogP contribution >= 0.6 is 0 Å². The summed E-state index contributed by atoms with van der Waals surface area (Å²) in [5.74, 6) is -0.887. The zero-order valence-electron chi connectivity index (χ0n) is 52.8. The second-order valence-electron chi connectivity index (χ2n) is 22.7. The largest absolute Gasteiger partial charge is 0.462 e.